The molecule has 0 aliphatic carbocycles. The zero-order valence-electron chi connectivity index (χ0n) is 13.6. The third-order valence-corrected chi connectivity index (χ3v) is 4.08. The molecule has 4 rings (SSSR count). The van der Waals surface area contributed by atoms with Crippen molar-refractivity contribution in [3.05, 3.63) is 48.3 Å². The first-order chi connectivity index (χ1) is 12.3. The Morgan fingerprint density at radius 1 is 1.20 bits per heavy atom. The van der Waals surface area contributed by atoms with Gasteiger partial charge in [0, 0.05) is 31.6 Å². The lowest BCUT2D eigenvalue weighted by Crippen LogP contribution is -2.28. The van der Waals surface area contributed by atoms with Gasteiger partial charge in [0.1, 0.15) is 5.82 Å². The molecule has 0 aromatic carbocycles. The number of nitrogens with one attached hydrogen (secondary N) is 2. The monoisotopic (exact) mass is 338 g/mol. The Morgan fingerprint density at radius 3 is 2.88 bits per heavy atom. The smallest absolute Gasteiger partial charge is 0.259 e. The van der Waals surface area contributed by atoms with E-state index in [1.165, 1.54) is 6.20 Å². The van der Waals surface area contributed by atoms with E-state index < -0.39 is 0 Å². The molecule has 0 bridgehead atoms. The van der Waals surface area contributed by atoms with Crippen molar-refractivity contribution in [2.24, 2.45) is 0 Å². The van der Waals surface area contributed by atoms with Gasteiger partial charge in [-0.2, -0.15) is 9.50 Å². The van der Waals surface area contributed by atoms with Crippen molar-refractivity contribution in [1.29, 1.82) is 0 Å². The van der Waals surface area contributed by atoms with E-state index in [2.05, 4.69) is 25.7 Å². The second-order valence-corrected chi connectivity index (χ2v) is 5.84. The number of hydrogen-bond acceptors (Lipinski definition) is 6. The fraction of sp³-hybridized carbons (Fsp3) is 0.294. The summed E-state index contributed by atoms with van der Waals surface area (Å²) < 4.78 is 7.09. The lowest BCUT2D eigenvalue weighted by atomic mass is 10.1. The minimum Gasteiger partial charge on any atom is -0.381 e. The molecule has 1 aliphatic heterocycles. The van der Waals surface area contributed by atoms with Crippen molar-refractivity contribution in [2.75, 3.05) is 23.8 Å². The molecule has 1 aliphatic rings. The molecule has 0 saturated carbocycles. The van der Waals surface area contributed by atoms with Crippen LogP contribution in [0.25, 0.3) is 5.65 Å². The van der Waals surface area contributed by atoms with Crippen molar-refractivity contribution in [3.63, 3.8) is 0 Å². The lowest BCUT2D eigenvalue weighted by molar-refractivity contribution is 0.0903. The number of carbonyl (C=O) groups is 1. The van der Waals surface area contributed by atoms with E-state index in [4.69, 9.17) is 4.74 Å². The molecule has 128 valence electrons. The molecule has 0 unspecified atom stereocenters. The number of anilines is 2. The van der Waals surface area contributed by atoms with Gasteiger partial charge in [0.2, 0.25) is 5.95 Å². The highest BCUT2D eigenvalue weighted by Crippen LogP contribution is 2.17. The topological polar surface area (TPSA) is 93.4 Å². The number of nitrogens with zero attached hydrogens (tertiary/aromatic N) is 4. The first kappa shape index (κ1) is 15.5. The van der Waals surface area contributed by atoms with Crippen LogP contribution in [0.5, 0.6) is 0 Å². The third-order valence-electron chi connectivity index (χ3n) is 4.08. The second kappa shape index (κ2) is 6.86. The summed E-state index contributed by atoms with van der Waals surface area (Å²) in [4.78, 5) is 20.5. The summed E-state index contributed by atoms with van der Waals surface area (Å²) in [5, 5.41) is 10.6. The van der Waals surface area contributed by atoms with Crippen molar-refractivity contribution in [2.45, 2.75) is 18.9 Å². The number of ether oxygens (including phenoxy) is 1. The standard InChI is InChI=1S/C17H18N6O2/c24-16(12-3-2-8-18-11-12)21-17-20-15-5-1-4-14(23(15)22-17)19-13-6-9-25-10-7-13/h1-5,8,11,13,19H,6-7,9-10H2,(H,21,22,24). The Morgan fingerprint density at radius 2 is 2.08 bits per heavy atom. The van der Waals surface area contributed by atoms with E-state index >= 15 is 0 Å². The van der Waals surface area contributed by atoms with E-state index in [0.717, 1.165) is 31.9 Å². The number of aromatic nitrogens is 4. The van der Waals surface area contributed by atoms with Crippen LogP contribution in [0.2, 0.25) is 0 Å². The van der Waals surface area contributed by atoms with Crippen molar-refractivity contribution >= 4 is 23.3 Å². The van der Waals surface area contributed by atoms with Crippen molar-refractivity contribution in [1.82, 2.24) is 19.6 Å². The minimum absolute atomic E-state index is 0.259. The highest BCUT2D eigenvalue weighted by Gasteiger charge is 2.16. The maximum atomic E-state index is 12.2. The Bertz CT molecular complexity index is 873. The molecule has 8 heteroatoms. The fourth-order valence-corrected chi connectivity index (χ4v) is 2.79. The third kappa shape index (κ3) is 3.43. The maximum absolute atomic E-state index is 12.2. The van der Waals surface area contributed by atoms with Gasteiger partial charge in [-0.05, 0) is 37.1 Å². The van der Waals surface area contributed by atoms with Gasteiger partial charge in [-0.15, -0.1) is 5.10 Å². The molecular weight excluding hydrogens is 320 g/mol. The van der Waals surface area contributed by atoms with Crippen LogP contribution >= 0.6 is 0 Å². The number of fused-ring (bicyclic) bond motifs is 1. The molecule has 1 amide bonds. The summed E-state index contributed by atoms with van der Waals surface area (Å²) in [6.07, 6.45) is 5.03. The lowest BCUT2D eigenvalue weighted by Gasteiger charge is -2.24. The van der Waals surface area contributed by atoms with E-state index in [0.29, 0.717) is 17.3 Å². The predicted molar refractivity (Wildman–Crippen MR) is 92.6 cm³/mol. The Labute approximate surface area is 144 Å². The van der Waals surface area contributed by atoms with Crippen LogP contribution in [0, 0.1) is 0 Å². The van der Waals surface area contributed by atoms with Crippen LogP contribution in [0.3, 0.4) is 0 Å². The molecule has 0 spiro atoms. The summed E-state index contributed by atoms with van der Waals surface area (Å²) in [7, 11) is 0. The van der Waals surface area contributed by atoms with Gasteiger partial charge in [-0.1, -0.05) is 6.07 Å². The number of hydrogen-bond donors (Lipinski definition) is 2. The van der Waals surface area contributed by atoms with Crippen LogP contribution in [-0.4, -0.2) is 44.7 Å². The molecule has 25 heavy (non-hydrogen) atoms. The van der Waals surface area contributed by atoms with Crippen LogP contribution in [-0.2, 0) is 4.74 Å². The van der Waals surface area contributed by atoms with Gasteiger partial charge >= 0.3 is 0 Å². The average molecular weight is 338 g/mol. The fourth-order valence-electron chi connectivity index (χ4n) is 2.79. The van der Waals surface area contributed by atoms with Gasteiger partial charge in [0.05, 0.1) is 5.56 Å². The van der Waals surface area contributed by atoms with Gasteiger partial charge in [0.15, 0.2) is 5.65 Å². The molecule has 3 aromatic heterocycles. The van der Waals surface area contributed by atoms with Gasteiger partial charge in [-0.25, -0.2) is 0 Å². The van der Waals surface area contributed by atoms with Crippen molar-refractivity contribution in [3.8, 4) is 0 Å². The summed E-state index contributed by atoms with van der Waals surface area (Å²) in [6, 6.07) is 9.46. The van der Waals surface area contributed by atoms with Crippen LogP contribution in [0.1, 0.15) is 23.2 Å². The van der Waals surface area contributed by atoms with E-state index in [9.17, 15) is 4.79 Å². The number of rotatable bonds is 4. The molecule has 8 nitrogen and oxygen atoms in total. The molecule has 0 atom stereocenters. The highest BCUT2D eigenvalue weighted by molar-refractivity contribution is 6.03. The number of carbonyl (C=O) groups excluding carboxylic acids is 1. The first-order valence-electron chi connectivity index (χ1n) is 8.21. The Balaban J connectivity index is 1.55. The zero-order valence-corrected chi connectivity index (χ0v) is 13.6. The SMILES string of the molecule is O=C(Nc1nc2cccc(NC3CCOCC3)n2n1)c1cccnc1. The number of pyridine rings is 2. The van der Waals surface area contributed by atoms with E-state index in [-0.39, 0.29) is 11.9 Å². The largest absolute Gasteiger partial charge is 0.381 e. The highest BCUT2D eigenvalue weighted by atomic mass is 16.5. The summed E-state index contributed by atoms with van der Waals surface area (Å²) in [5.41, 5.74) is 1.13. The Hall–Kier alpha value is -3.00. The van der Waals surface area contributed by atoms with E-state index in [1.54, 1.807) is 22.8 Å². The molecule has 0 radical (unpaired) electrons. The summed E-state index contributed by atoms with van der Waals surface area (Å²) >= 11 is 0. The zero-order chi connectivity index (χ0) is 17.1. The molecule has 2 N–H and O–H groups in total. The molecular formula is C17H18N6O2. The normalized spacial score (nSPS) is 15.2. The first-order valence-corrected chi connectivity index (χ1v) is 8.21. The molecule has 4 heterocycles. The second-order valence-electron chi connectivity index (χ2n) is 5.84. The van der Waals surface area contributed by atoms with Gasteiger partial charge in [0.25, 0.3) is 5.91 Å². The van der Waals surface area contributed by atoms with Crippen LogP contribution in [0.15, 0.2) is 42.7 Å². The molecule has 1 fully saturated rings. The van der Waals surface area contributed by atoms with Crippen molar-refractivity contribution < 1.29 is 9.53 Å². The van der Waals surface area contributed by atoms with Gasteiger partial charge in [-0.3, -0.25) is 15.1 Å². The quantitative estimate of drug-likeness (QED) is 0.755. The average Bonchev–Trinajstić information content (AvgIpc) is 3.07. The molecule has 1 saturated heterocycles. The summed E-state index contributed by atoms with van der Waals surface area (Å²) in [5.74, 6) is 0.816. The molecule has 3 aromatic rings. The van der Waals surface area contributed by atoms with Gasteiger partial charge < -0.3 is 10.1 Å². The maximum Gasteiger partial charge on any atom is 0.259 e. The minimum atomic E-state index is -0.289. The van der Waals surface area contributed by atoms with E-state index in [1.807, 2.05) is 18.2 Å². The summed E-state index contributed by atoms with van der Waals surface area (Å²) in [6.45, 7) is 1.52. The Kier molecular flexibility index (Phi) is 4.26. The predicted octanol–water partition coefficient (Wildman–Crippen LogP) is 1.97. The van der Waals surface area contributed by atoms with Crippen LogP contribution in [0.4, 0.5) is 11.8 Å². The van der Waals surface area contributed by atoms with Crippen LogP contribution < -0.4 is 10.6 Å². The number of amides is 1.